The molecule has 0 unspecified atom stereocenters. The number of nitrogens with one attached hydrogen (secondary N) is 1. The van der Waals surface area contributed by atoms with Crippen LogP contribution in [0.2, 0.25) is 0 Å². The molecule has 0 fully saturated rings. The highest BCUT2D eigenvalue weighted by Gasteiger charge is 2.15. The van der Waals surface area contributed by atoms with E-state index in [0.717, 1.165) is 5.56 Å². The molecule has 1 aromatic rings. The van der Waals surface area contributed by atoms with Gasteiger partial charge in [-0.1, -0.05) is 37.3 Å². The molecule has 1 N–H and O–H groups in total. The van der Waals surface area contributed by atoms with Crippen LogP contribution >= 0.6 is 10.7 Å². The van der Waals surface area contributed by atoms with Crippen LogP contribution in [0.5, 0.6) is 0 Å². The predicted molar refractivity (Wildman–Crippen MR) is 78.1 cm³/mol. The predicted octanol–water partition coefficient (Wildman–Crippen LogP) is 2.65. The van der Waals surface area contributed by atoms with Crippen molar-refractivity contribution < 1.29 is 17.9 Å². The summed E-state index contributed by atoms with van der Waals surface area (Å²) < 4.78 is 26.8. The van der Waals surface area contributed by atoms with Crippen molar-refractivity contribution in [3.63, 3.8) is 0 Å². The van der Waals surface area contributed by atoms with E-state index in [0.29, 0.717) is 6.42 Å². The Bertz CT molecular complexity index is 518. The lowest BCUT2D eigenvalue weighted by Gasteiger charge is -2.16. The van der Waals surface area contributed by atoms with Crippen LogP contribution in [-0.2, 0) is 20.4 Å². The van der Waals surface area contributed by atoms with Gasteiger partial charge in [0.25, 0.3) is 0 Å². The summed E-state index contributed by atoms with van der Waals surface area (Å²) in [7, 11) is 1.60. The average molecular weight is 320 g/mol. The van der Waals surface area contributed by atoms with Gasteiger partial charge in [0.15, 0.2) is 0 Å². The zero-order chi connectivity index (χ0) is 15.0. The maximum atomic E-state index is 11.6. The van der Waals surface area contributed by atoms with Crippen LogP contribution in [-0.4, -0.2) is 26.3 Å². The van der Waals surface area contributed by atoms with Gasteiger partial charge in [0.05, 0.1) is 5.75 Å². The molecule has 112 valence electrons. The highest BCUT2D eigenvalue weighted by atomic mass is 35.7. The fourth-order valence-electron chi connectivity index (χ4n) is 1.59. The Balaban J connectivity index is 2.36. The molecule has 0 bridgehead atoms. The number of hydrogen-bond acceptors (Lipinski definition) is 4. The van der Waals surface area contributed by atoms with E-state index in [4.69, 9.17) is 15.4 Å². The largest absolute Gasteiger partial charge is 0.445 e. The lowest BCUT2D eigenvalue weighted by molar-refractivity contribution is 0.135. The number of hydrogen-bond donors (Lipinski definition) is 1. The molecule has 7 heteroatoms. The van der Waals surface area contributed by atoms with Crippen molar-refractivity contribution in [2.75, 3.05) is 5.75 Å². The minimum atomic E-state index is -3.54. The highest BCUT2D eigenvalue weighted by molar-refractivity contribution is 8.13. The van der Waals surface area contributed by atoms with Crippen molar-refractivity contribution in [3.05, 3.63) is 35.9 Å². The quantitative estimate of drug-likeness (QED) is 0.784. The van der Waals surface area contributed by atoms with Crippen molar-refractivity contribution in [1.29, 1.82) is 0 Å². The second-order valence-corrected chi connectivity index (χ2v) is 7.24. The molecular formula is C13H18ClNO4S. The summed E-state index contributed by atoms with van der Waals surface area (Å²) >= 11 is 0. The first-order valence-corrected chi connectivity index (χ1v) is 8.78. The monoisotopic (exact) mass is 319 g/mol. The van der Waals surface area contributed by atoms with E-state index in [1.54, 1.807) is 0 Å². The van der Waals surface area contributed by atoms with Gasteiger partial charge in [-0.05, 0) is 18.4 Å². The van der Waals surface area contributed by atoms with Crippen LogP contribution < -0.4 is 5.32 Å². The zero-order valence-corrected chi connectivity index (χ0v) is 12.8. The van der Waals surface area contributed by atoms with Gasteiger partial charge < -0.3 is 10.1 Å². The van der Waals surface area contributed by atoms with Gasteiger partial charge in [0.1, 0.15) is 6.61 Å². The molecular weight excluding hydrogens is 302 g/mol. The SMILES string of the molecule is CC[C@H](CCS(=O)(=O)Cl)NC(=O)OCc1ccccc1. The normalized spacial score (nSPS) is 12.7. The summed E-state index contributed by atoms with van der Waals surface area (Å²) in [6, 6.07) is 9.03. The lowest BCUT2D eigenvalue weighted by atomic mass is 10.2. The summed E-state index contributed by atoms with van der Waals surface area (Å²) in [5, 5.41) is 2.63. The maximum Gasteiger partial charge on any atom is 0.407 e. The molecule has 5 nitrogen and oxygen atoms in total. The molecule has 0 spiro atoms. The molecule has 1 atom stereocenters. The van der Waals surface area contributed by atoms with Crippen molar-refractivity contribution >= 4 is 25.8 Å². The first-order chi connectivity index (χ1) is 9.40. The van der Waals surface area contributed by atoms with Gasteiger partial charge in [-0.25, -0.2) is 13.2 Å². The molecule has 0 heterocycles. The topological polar surface area (TPSA) is 72.5 Å². The lowest BCUT2D eigenvalue weighted by Crippen LogP contribution is -2.35. The first kappa shape index (κ1) is 16.8. The van der Waals surface area contributed by atoms with E-state index in [1.807, 2.05) is 37.3 Å². The summed E-state index contributed by atoms with van der Waals surface area (Å²) in [6.45, 7) is 2.03. The highest BCUT2D eigenvalue weighted by Crippen LogP contribution is 2.06. The molecule has 0 aliphatic carbocycles. The van der Waals surface area contributed by atoms with E-state index in [9.17, 15) is 13.2 Å². The third kappa shape index (κ3) is 7.35. The summed E-state index contributed by atoms with van der Waals surface area (Å²) in [5.41, 5.74) is 0.888. The third-order valence-electron chi connectivity index (χ3n) is 2.74. The molecule has 0 radical (unpaired) electrons. The van der Waals surface area contributed by atoms with Crippen LogP contribution in [0.1, 0.15) is 25.3 Å². The van der Waals surface area contributed by atoms with E-state index in [2.05, 4.69) is 5.32 Å². The van der Waals surface area contributed by atoms with Crippen LogP contribution in [0.3, 0.4) is 0 Å². The van der Waals surface area contributed by atoms with Gasteiger partial charge in [-0.15, -0.1) is 0 Å². The maximum absolute atomic E-state index is 11.6. The number of alkyl carbamates (subject to hydrolysis) is 1. The molecule has 20 heavy (non-hydrogen) atoms. The molecule has 1 rings (SSSR count). The zero-order valence-electron chi connectivity index (χ0n) is 11.2. The number of carbonyl (C=O) groups excluding carboxylic acids is 1. The second kappa shape index (κ2) is 8.11. The van der Waals surface area contributed by atoms with E-state index < -0.39 is 15.1 Å². The van der Waals surface area contributed by atoms with Crippen LogP contribution in [0.25, 0.3) is 0 Å². The van der Waals surface area contributed by atoms with E-state index in [-0.39, 0.29) is 24.8 Å². The number of benzene rings is 1. The number of rotatable bonds is 7. The third-order valence-corrected chi connectivity index (χ3v) is 3.92. The van der Waals surface area contributed by atoms with Crippen LogP contribution in [0.4, 0.5) is 4.79 Å². The summed E-state index contributed by atoms with van der Waals surface area (Å²) in [4.78, 5) is 11.6. The van der Waals surface area contributed by atoms with Crippen molar-refractivity contribution in [1.82, 2.24) is 5.32 Å². The molecule has 0 aromatic heterocycles. The van der Waals surface area contributed by atoms with Crippen LogP contribution in [0.15, 0.2) is 30.3 Å². The van der Waals surface area contributed by atoms with Gasteiger partial charge in [-0.2, -0.15) is 0 Å². The van der Waals surface area contributed by atoms with Crippen molar-refractivity contribution in [2.45, 2.75) is 32.4 Å². The molecule has 0 aliphatic rings. The number of carbonyl (C=O) groups is 1. The Labute approximate surface area is 123 Å². The van der Waals surface area contributed by atoms with E-state index in [1.165, 1.54) is 0 Å². The van der Waals surface area contributed by atoms with Gasteiger partial charge >= 0.3 is 6.09 Å². The Morgan fingerprint density at radius 1 is 1.35 bits per heavy atom. The fourth-order valence-corrected chi connectivity index (χ4v) is 2.43. The van der Waals surface area contributed by atoms with Crippen molar-refractivity contribution in [3.8, 4) is 0 Å². The van der Waals surface area contributed by atoms with Crippen molar-refractivity contribution in [2.24, 2.45) is 0 Å². The Morgan fingerprint density at radius 3 is 2.55 bits per heavy atom. The number of ether oxygens (including phenoxy) is 1. The second-order valence-electron chi connectivity index (χ2n) is 4.34. The van der Waals surface area contributed by atoms with Gasteiger partial charge in [-0.3, -0.25) is 0 Å². The Hall–Kier alpha value is -1.27. The Morgan fingerprint density at radius 2 is 2.00 bits per heavy atom. The molecule has 0 saturated carbocycles. The molecule has 0 saturated heterocycles. The fraction of sp³-hybridized carbons (Fsp3) is 0.462. The minimum absolute atomic E-state index is 0.175. The summed E-state index contributed by atoms with van der Waals surface area (Å²) in [6.07, 6.45) is 0.308. The molecule has 0 aliphatic heterocycles. The number of amides is 1. The first-order valence-electron chi connectivity index (χ1n) is 6.30. The minimum Gasteiger partial charge on any atom is -0.445 e. The average Bonchev–Trinajstić information content (AvgIpc) is 2.41. The smallest absolute Gasteiger partial charge is 0.407 e. The van der Waals surface area contributed by atoms with Crippen LogP contribution in [0, 0.1) is 0 Å². The standard InChI is InChI=1S/C13H18ClNO4S/c1-2-12(8-9-20(14,17)18)15-13(16)19-10-11-6-4-3-5-7-11/h3-7,12H,2,8-10H2,1H3,(H,15,16)/t12-/m1/s1. The van der Waals surface area contributed by atoms with Gasteiger partial charge in [0, 0.05) is 16.7 Å². The van der Waals surface area contributed by atoms with E-state index >= 15 is 0 Å². The summed E-state index contributed by atoms with van der Waals surface area (Å²) in [5.74, 6) is -0.175. The molecule has 1 aromatic carbocycles. The van der Waals surface area contributed by atoms with Gasteiger partial charge in [0.2, 0.25) is 9.05 Å². The number of halogens is 1. The Kier molecular flexibility index (Phi) is 6.81. The molecule has 1 amide bonds.